The SMILES string of the molecule is C#C/C=C\C(=C/C)C(NC(=O)[C@H](CCC(N)=O)NC(=O)[C@@H]1CC[C@@H]2CCN(C)C[C@H](NC(=O)c3cc4cc(CP(=O)(OCOC(=O)C(C)(C)C)OCOC(=O)C(C)(C)C)ccc4[nH]3)C(=O)N21)c1ccccc1. The number of terminal acetylenes is 1. The predicted molar refractivity (Wildman–Crippen MR) is 269 cm³/mol. The second kappa shape index (κ2) is 24.7. The Kier molecular flexibility index (Phi) is 19.3. The van der Waals surface area contributed by atoms with Gasteiger partial charge >= 0.3 is 19.5 Å². The summed E-state index contributed by atoms with van der Waals surface area (Å²) in [6.45, 7) is 11.0. The summed E-state index contributed by atoms with van der Waals surface area (Å²) in [4.78, 5) is 100. The molecule has 5 atom stereocenters. The highest BCUT2D eigenvalue weighted by molar-refractivity contribution is 7.53. The van der Waals surface area contributed by atoms with E-state index in [1.54, 1.807) is 84.9 Å². The summed E-state index contributed by atoms with van der Waals surface area (Å²) in [5.41, 5.74) is 6.32. The number of amides is 5. The van der Waals surface area contributed by atoms with Gasteiger partial charge in [-0.2, -0.15) is 0 Å². The van der Waals surface area contributed by atoms with E-state index < -0.39 is 97.7 Å². The molecule has 2 saturated heterocycles. The zero-order valence-electron chi connectivity index (χ0n) is 42.3. The van der Waals surface area contributed by atoms with Crippen LogP contribution >= 0.6 is 7.60 Å². The number of ether oxygens (including phenoxy) is 2. The molecule has 0 spiro atoms. The third kappa shape index (κ3) is 15.5. The highest BCUT2D eigenvalue weighted by atomic mass is 31.2. The monoisotopic (exact) mass is 1010 g/mol. The molecule has 2 aliphatic heterocycles. The Morgan fingerprint density at radius 3 is 2.18 bits per heavy atom. The van der Waals surface area contributed by atoms with Crippen LogP contribution in [0.1, 0.15) is 108 Å². The van der Waals surface area contributed by atoms with E-state index in [2.05, 4.69) is 26.9 Å². The third-order valence-electron chi connectivity index (χ3n) is 12.2. The van der Waals surface area contributed by atoms with Crippen molar-refractivity contribution >= 4 is 60.0 Å². The second-order valence-corrected chi connectivity index (χ2v) is 22.1. The molecular formula is C52H68N7O12P. The lowest BCUT2D eigenvalue weighted by Gasteiger charge is -2.38. The fraction of sp³-hybridized carbons (Fsp3) is 0.481. The molecule has 6 N–H and O–H groups in total. The van der Waals surface area contributed by atoms with Gasteiger partial charge in [0.2, 0.25) is 37.2 Å². The fourth-order valence-electron chi connectivity index (χ4n) is 8.21. The summed E-state index contributed by atoms with van der Waals surface area (Å²) in [7, 11) is -2.29. The Labute approximate surface area is 420 Å². The minimum absolute atomic E-state index is 0.107. The van der Waals surface area contributed by atoms with Crippen molar-refractivity contribution in [3.8, 4) is 12.3 Å². The molecule has 5 rings (SSSR count). The number of esters is 2. The minimum atomic E-state index is -4.13. The van der Waals surface area contributed by atoms with Crippen LogP contribution in [0.5, 0.6) is 0 Å². The van der Waals surface area contributed by atoms with Crippen LogP contribution in [0.3, 0.4) is 0 Å². The number of nitrogens with zero attached hydrogens (tertiary/aromatic N) is 2. The molecule has 0 aliphatic carbocycles. The number of carbonyl (C=O) groups excluding carboxylic acids is 7. The summed E-state index contributed by atoms with van der Waals surface area (Å²) in [6, 6.07) is 11.4. The van der Waals surface area contributed by atoms with Crippen LogP contribution in [0.2, 0.25) is 0 Å². The van der Waals surface area contributed by atoms with Crippen LogP contribution < -0.4 is 21.7 Å². The third-order valence-corrected chi connectivity index (χ3v) is 13.9. The molecule has 3 heterocycles. The van der Waals surface area contributed by atoms with Gasteiger partial charge in [-0.15, -0.1) is 6.42 Å². The lowest BCUT2D eigenvalue weighted by atomic mass is 9.97. The van der Waals surface area contributed by atoms with E-state index in [1.807, 2.05) is 42.3 Å². The highest BCUT2D eigenvalue weighted by Crippen LogP contribution is 2.52. The first kappa shape index (κ1) is 56.3. The predicted octanol–water partition coefficient (Wildman–Crippen LogP) is 5.52. The number of nitrogens with one attached hydrogen (secondary N) is 4. The number of H-pyrrole nitrogens is 1. The number of carbonyl (C=O) groups is 7. The minimum Gasteiger partial charge on any atom is -0.438 e. The van der Waals surface area contributed by atoms with E-state index >= 15 is 0 Å². The van der Waals surface area contributed by atoms with E-state index in [0.29, 0.717) is 47.8 Å². The molecule has 0 radical (unpaired) electrons. The number of allylic oxidation sites excluding steroid dienone is 2. The molecule has 1 aromatic heterocycles. The van der Waals surface area contributed by atoms with Crippen LogP contribution in [0.25, 0.3) is 10.9 Å². The molecule has 5 amide bonds. The summed E-state index contributed by atoms with van der Waals surface area (Å²) in [5, 5.41) is 9.25. The Morgan fingerprint density at radius 1 is 0.931 bits per heavy atom. The average Bonchev–Trinajstić information content (AvgIpc) is 3.95. The molecule has 19 nitrogen and oxygen atoms in total. The van der Waals surface area contributed by atoms with E-state index in [0.717, 1.165) is 5.56 Å². The van der Waals surface area contributed by atoms with Gasteiger partial charge in [-0.1, -0.05) is 48.4 Å². The van der Waals surface area contributed by atoms with E-state index in [-0.39, 0.29) is 37.3 Å². The van der Waals surface area contributed by atoms with Gasteiger partial charge in [0.25, 0.3) is 5.91 Å². The second-order valence-electron chi connectivity index (χ2n) is 20.0. The number of likely N-dealkylation sites (N-methyl/N-ethyl adjacent to an activating group) is 1. The number of fused-ring (bicyclic) bond motifs is 2. The van der Waals surface area contributed by atoms with Crippen molar-refractivity contribution in [2.45, 2.75) is 117 Å². The van der Waals surface area contributed by atoms with Gasteiger partial charge in [0.05, 0.1) is 23.0 Å². The number of benzene rings is 2. The molecule has 2 aromatic carbocycles. The van der Waals surface area contributed by atoms with Gasteiger partial charge in [-0.3, -0.25) is 47.2 Å². The van der Waals surface area contributed by atoms with Crippen molar-refractivity contribution in [3.05, 3.63) is 95.2 Å². The maximum Gasteiger partial charge on any atom is 0.340 e. The number of hydrogen-bond acceptors (Lipinski definition) is 13. The largest absolute Gasteiger partial charge is 0.438 e. The smallest absolute Gasteiger partial charge is 0.340 e. The zero-order valence-corrected chi connectivity index (χ0v) is 43.2. The first-order valence-electron chi connectivity index (χ1n) is 23.8. The summed E-state index contributed by atoms with van der Waals surface area (Å²) in [6.07, 6.45) is 11.2. The number of aromatic nitrogens is 1. The normalized spacial score (nSPS) is 18.8. The average molecular weight is 1010 g/mol. The lowest BCUT2D eigenvalue weighted by molar-refractivity contribution is -0.162. The molecule has 2 aliphatic rings. The molecule has 3 aromatic rings. The van der Waals surface area contributed by atoms with Crippen molar-refractivity contribution < 1.29 is 56.6 Å². The molecule has 1 unspecified atom stereocenters. The van der Waals surface area contributed by atoms with Crippen LogP contribution in [0, 0.1) is 23.2 Å². The fourth-order valence-corrected chi connectivity index (χ4v) is 9.54. The van der Waals surface area contributed by atoms with Crippen molar-refractivity contribution in [2.75, 3.05) is 33.7 Å². The maximum atomic E-state index is 14.6. The Morgan fingerprint density at radius 2 is 1.58 bits per heavy atom. The van der Waals surface area contributed by atoms with Crippen LogP contribution in [0.4, 0.5) is 0 Å². The Hall–Kier alpha value is -6.58. The number of hydrogen-bond donors (Lipinski definition) is 5. The van der Waals surface area contributed by atoms with Gasteiger partial charge in [-0.05, 0) is 135 Å². The first-order valence-corrected chi connectivity index (χ1v) is 25.5. The Bertz CT molecular complexity index is 2590. The van der Waals surface area contributed by atoms with E-state index in [9.17, 15) is 38.1 Å². The van der Waals surface area contributed by atoms with Gasteiger partial charge in [-0.25, -0.2) is 0 Å². The molecule has 20 heteroatoms. The van der Waals surface area contributed by atoms with Crippen molar-refractivity contribution in [3.63, 3.8) is 0 Å². The molecule has 72 heavy (non-hydrogen) atoms. The van der Waals surface area contributed by atoms with E-state index in [1.165, 1.54) is 11.0 Å². The van der Waals surface area contributed by atoms with Gasteiger partial charge < -0.3 is 45.9 Å². The summed E-state index contributed by atoms with van der Waals surface area (Å²) in [5.74, 6) is -1.66. The van der Waals surface area contributed by atoms with Crippen LogP contribution in [-0.4, -0.2) is 114 Å². The van der Waals surface area contributed by atoms with Gasteiger partial charge in [0.1, 0.15) is 23.8 Å². The standard InChI is InChI=1S/C52H68N7O12P/c1-10-12-16-34(11-2)44(35-17-14-13-15-18-35)57-45(61)39(22-24-43(53)60)55-47(63)42-23-20-37-25-26-58(9)29-41(48(64)59(37)42)56-46(62)40-28-36-27-33(19-21-38(36)54-40)30-72(67,70-31-68-49(65)51(3,4)5)71-32-69-50(66)52(6,7)8/h1,11-19,21,27-28,37,39,41-42,44,54H,20,22-26,29-32H2,2-9H3,(H2,53,60)(H,55,63)(H,56,62)(H,57,61)/b16-12-,34-11+/t37-,39+,41+,42+,44?/m1/s1. The molecule has 0 bridgehead atoms. The van der Waals surface area contributed by atoms with Gasteiger partial charge in [0, 0.05) is 29.9 Å². The molecule has 0 saturated carbocycles. The summed E-state index contributed by atoms with van der Waals surface area (Å²) >= 11 is 0. The first-order chi connectivity index (χ1) is 33.9. The molecule has 2 fully saturated rings. The molecular weight excluding hydrogens is 946 g/mol. The van der Waals surface area contributed by atoms with E-state index in [4.69, 9.17) is 30.7 Å². The number of rotatable bonds is 20. The summed E-state index contributed by atoms with van der Waals surface area (Å²) < 4.78 is 35.4. The van der Waals surface area contributed by atoms with Crippen molar-refractivity contribution in [2.24, 2.45) is 16.6 Å². The van der Waals surface area contributed by atoms with Crippen molar-refractivity contribution in [1.29, 1.82) is 0 Å². The van der Waals surface area contributed by atoms with Crippen LogP contribution in [-0.2, 0) is 58.0 Å². The topological polar surface area (TPSA) is 258 Å². The lowest BCUT2D eigenvalue weighted by Crippen LogP contribution is -2.61. The number of aromatic amines is 1. The highest BCUT2D eigenvalue weighted by Gasteiger charge is 2.45. The number of primary amides is 1. The van der Waals surface area contributed by atoms with Crippen molar-refractivity contribution in [1.82, 2.24) is 30.7 Å². The molecule has 388 valence electrons. The van der Waals surface area contributed by atoms with Gasteiger partial charge in [0.15, 0.2) is 0 Å². The zero-order chi connectivity index (χ0) is 53.0. The quantitative estimate of drug-likeness (QED) is 0.0307. The maximum absolute atomic E-state index is 14.6. The number of nitrogens with two attached hydrogens (primary N) is 1. The van der Waals surface area contributed by atoms with Crippen LogP contribution in [0.15, 0.2) is 78.4 Å². The Balaban J connectivity index is 1.33.